The van der Waals surface area contributed by atoms with Crippen molar-refractivity contribution in [1.82, 2.24) is 9.21 Å². The van der Waals surface area contributed by atoms with Crippen LogP contribution in [0, 0.1) is 0 Å². The first-order valence-corrected chi connectivity index (χ1v) is 11.5. The normalized spacial score (nSPS) is 20.9. The Morgan fingerprint density at radius 3 is 2.10 bits per heavy atom. The molecular weight excluding hydrogens is 418 g/mol. The van der Waals surface area contributed by atoms with Crippen LogP contribution in [0.1, 0.15) is 23.7 Å². The average molecular weight is 442 g/mol. The molecule has 2 fully saturated rings. The monoisotopic (exact) mass is 441 g/mol. The number of carbonyl (C=O) groups is 3. The summed E-state index contributed by atoms with van der Waals surface area (Å²) < 4.78 is 27.0. The number of piperazine rings is 1. The van der Waals surface area contributed by atoms with E-state index in [0.29, 0.717) is 24.3 Å². The molecule has 1 atom stereocenters. The number of anilines is 1. The second-order valence-corrected chi connectivity index (χ2v) is 9.58. The Labute approximate surface area is 181 Å². The number of Topliss-reactive ketones (excluding diaryl/α,β-unsaturated/α-hetero) is 1. The molecule has 162 valence electrons. The molecule has 0 N–H and O–H groups in total. The van der Waals surface area contributed by atoms with Gasteiger partial charge < -0.3 is 0 Å². The van der Waals surface area contributed by atoms with Gasteiger partial charge in [-0.1, -0.05) is 18.2 Å². The molecule has 4 rings (SSSR count). The highest BCUT2D eigenvalue weighted by Gasteiger charge is 2.44. The van der Waals surface area contributed by atoms with Crippen LogP contribution in [0.25, 0.3) is 0 Å². The second-order valence-electron chi connectivity index (χ2n) is 7.64. The Morgan fingerprint density at radius 1 is 0.903 bits per heavy atom. The molecule has 0 radical (unpaired) electrons. The molecule has 2 aromatic carbocycles. The van der Waals surface area contributed by atoms with Crippen LogP contribution in [0.3, 0.4) is 0 Å². The van der Waals surface area contributed by atoms with E-state index in [0.717, 1.165) is 4.90 Å². The number of imide groups is 1. The van der Waals surface area contributed by atoms with Crippen LogP contribution in [0.15, 0.2) is 59.5 Å². The average Bonchev–Trinajstić information content (AvgIpc) is 3.08. The lowest BCUT2D eigenvalue weighted by molar-refractivity contribution is -0.123. The number of ketones is 1. The minimum Gasteiger partial charge on any atom is -0.295 e. The maximum Gasteiger partial charge on any atom is 0.251 e. The molecule has 2 aliphatic heterocycles. The first-order chi connectivity index (χ1) is 14.8. The molecule has 0 saturated carbocycles. The van der Waals surface area contributed by atoms with Gasteiger partial charge in [-0.2, -0.15) is 4.31 Å². The smallest absolute Gasteiger partial charge is 0.251 e. The maximum atomic E-state index is 13.0. The standard InChI is InChI=1S/C22H23N3O5S/c1-16(26)17-7-9-18(10-8-17)25-21(27)15-20(22(25)28)23-11-13-24(14-12-23)31(29,30)19-5-3-2-4-6-19/h2-10,20H,11-15H2,1H3. The molecule has 2 amide bonds. The van der Waals surface area contributed by atoms with Crippen LogP contribution in [0.4, 0.5) is 5.69 Å². The van der Waals surface area contributed by atoms with Gasteiger partial charge in [-0.25, -0.2) is 13.3 Å². The van der Waals surface area contributed by atoms with Crippen LogP contribution in [0.5, 0.6) is 0 Å². The summed E-state index contributed by atoms with van der Waals surface area (Å²) in [5, 5.41) is 0. The molecule has 2 aliphatic rings. The maximum absolute atomic E-state index is 13.0. The molecule has 0 aromatic heterocycles. The molecule has 0 bridgehead atoms. The fraction of sp³-hybridized carbons (Fsp3) is 0.318. The van der Waals surface area contributed by atoms with E-state index >= 15 is 0 Å². The number of carbonyl (C=O) groups excluding carboxylic acids is 3. The van der Waals surface area contributed by atoms with Gasteiger partial charge in [-0.05, 0) is 43.3 Å². The summed E-state index contributed by atoms with van der Waals surface area (Å²) in [6.45, 7) is 2.69. The third-order valence-electron chi connectivity index (χ3n) is 5.75. The van der Waals surface area contributed by atoms with E-state index in [9.17, 15) is 22.8 Å². The summed E-state index contributed by atoms with van der Waals surface area (Å²) in [5.41, 5.74) is 0.947. The number of hydrogen-bond donors (Lipinski definition) is 0. The molecule has 8 nitrogen and oxygen atoms in total. The predicted octanol–water partition coefficient (Wildman–Crippen LogP) is 1.53. The lowest BCUT2D eigenvalue weighted by Gasteiger charge is -2.36. The van der Waals surface area contributed by atoms with Crippen molar-refractivity contribution < 1.29 is 22.8 Å². The Morgan fingerprint density at radius 2 is 1.52 bits per heavy atom. The third kappa shape index (κ3) is 4.04. The number of rotatable bonds is 5. The zero-order valence-electron chi connectivity index (χ0n) is 17.1. The summed E-state index contributed by atoms with van der Waals surface area (Å²) >= 11 is 0. The van der Waals surface area contributed by atoms with E-state index in [1.54, 1.807) is 54.6 Å². The summed E-state index contributed by atoms with van der Waals surface area (Å²) in [7, 11) is -3.58. The van der Waals surface area contributed by atoms with Crippen LogP contribution in [0.2, 0.25) is 0 Å². The van der Waals surface area contributed by atoms with E-state index < -0.39 is 16.1 Å². The zero-order valence-corrected chi connectivity index (χ0v) is 17.9. The van der Waals surface area contributed by atoms with Crippen LogP contribution in [-0.2, 0) is 19.6 Å². The van der Waals surface area contributed by atoms with Gasteiger partial charge in [0, 0.05) is 31.7 Å². The van der Waals surface area contributed by atoms with Crippen molar-refractivity contribution in [2.24, 2.45) is 0 Å². The number of amides is 2. The minimum atomic E-state index is -3.58. The molecule has 1 unspecified atom stereocenters. The van der Waals surface area contributed by atoms with Crippen molar-refractivity contribution in [3.63, 3.8) is 0 Å². The number of benzene rings is 2. The van der Waals surface area contributed by atoms with Gasteiger partial charge in [-0.15, -0.1) is 0 Å². The zero-order chi connectivity index (χ0) is 22.2. The van der Waals surface area contributed by atoms with Gasteiger partial charge in [-0.3, -0.25) is 19.3 Å². The topological polar surface area (TPSA) is 95.1 Å². The highest BCUT2D eigenvalue weighted by Crippen LogP contribution is 2.27. The lowest BCUT2D eigenvalue weighted by atomic mass is 10.1. The largest absolute Gasteiger partial charge is 0.295 e. The van der Waals surface area contributed by atoms with Crippen molar-refractivity contribution >= 4 is 33.3 Å². The van der Waals surface area contributed by atoms with Gasteiger partial charge in [0.1, 0.15) is 0 Å². The van der Waals surface area contributed by atoms with E-state index in [2.05, 4.69) is 0 Å². The Kier molecular flexibility index (Phi) is 5.74. The molecule has 31 heavy (non-hydrogen) atoms. The van der Waals surface area contributed by atoms with Crippen molar-refractivity contribution in [3.8, 4) is 0 Å². The summed E-state index contributed by atoms with van der Waals surface area (Å²) in [6, 6.07) is 14.0. The second kappa shape index (κ2) is 8.33. The van der Waals surface area contributed by atoms with Crippen molar-refractivity contribution in [2.45, 2.75) is 24.3 Å². The van der Waals surface area contributed by atoms with Crippen LogP contribution >= 0.6 is 0 Å². The van der Waals surface area contributed by atoms with Crippen molar-refractivity contribution in [1.29, 1.82) is 0 Å². The van der Waals surface area contributed by atoms with E-state index in [1.807, 2.05) is 4.90 Å². The molecule has 0 spiro atoms. The summed E-state index contributed by atoms with van der Waals surface area (Å²) in [6.07, 6.45) is 0.0543. The first kappa shape index (κ1) is 21.4. The summed E-state index contributed by atoms with van der Waals surface area (Å²) in [4.78, 5) is 40.3. The molecule has 2 heterocycles. The van der Waals surface area contributed by atoms with Crippen LogP contribution < -0.4 is 4.90 Å². The van der Waals surface area contributed by atoms with E-state index in [1.165, 1.54) is 11.2 Å². The SMILES string of the molecule is CC(=O)c1ccc(N2C(=O)CC(N3CCN(S(=O)(=O)c4ccccc4)CC3)C2=O)cc1. The lowest BCUT2D eigenvalue weighted by Crippen LogP contribution is -2.53. The number of nitrogens with zero attached hydrogens (tertiary/aromatic N) is 3. The Balaban J connectivity index is 1.44. The van der Waals surface area contributed by atoms with Gasteiger partial charge in [0.25, 0.3) is 5.91 Å². The fourth-order valence-corrected chi connectivity index (χ4v) is 5.46. The molecule has 2 aromatic rings. The molecule has 0 aliphatic carbocycles. The summed E-state index contributed by atoms with van der Waals surface area (Å²) in [5.74, 6) is -0.711. The van der Waals surface area contributed by atoms with Gasteiger partial charge in [0.15, 0.2) is 5.78 Å². The number of sulfonamides is 1. The van der Waals surface area contributed by atoms with E-state index in [-0.39, 0.29) is 42.0 Å². The number of hydrogen-bond acceptors (Lipinski definition) is 6. The van der Waals surface area contributed by atoms with E-state index in [4.69, 9.17) is 0 Å². The Hall–Kier alpha value is -2.88. The van der Waals surface area contributed by atoms with Crippen molar-refractivity contribution in [3.05, 3.63) is 60.2 Å². The molecule has 9 heteroatoms. The minimum absolute atomic E-state index is 0.0543. The van der Waals surface area contributed by atoms with Gasteiger partial charge in [0.05, 0.1) is 23.0 Å². The molecular formula is C22H23N3O5S. The van der Waals surface area contributed by atoms with Crippen molar-refractivity contribution in [2.75, 3.05) is 31.1 Å². The highest BCUT2D eigenvalue weighted by molar-refractivity contribution is 7.89. The fourth-order valence-electron chi connectivity index (χ4n) is 4.01. The third-order valence-corrected chi connectivity index (χ3v) is 7.66. The molecule has 2 saturated heterocycles. The Bertz CT molecular complexity index is 1110. The van der Waals surface area contributed by atoms with Crippen LogP contribution in [-0.4, -0.2) is 67.4 Å². The first-order valence-electron chi connectivity index (χ1n) is 10.1. The van der Waals surface area contributed by atoms with Gasteiger partial charge in [0.2, 0.25) is 15.9 Å². The predicted molar refractivity (Wildman–Crippen MR) is 114 cm³/mol. The highest BCUT2D eigenvalue weighted by atomic mass is 32.2. The van der Waals surface area contributed by atoms with Gasteiger partial charge >= 0.3 is 0 Å². The quantitative estimate of drug-likeness (QED) is 0.516.